The van der Waals surface area contributed by atoms with Crippen molar-refractivity contribution in [3.8, 4) is 0 Å². The van der Waals surface area contributed by atoms with Gasteiger partial charge in [0.05, 0.1) is 0 Å². The van der Waals surface area contributed by atoms with Gasteiger partial charge in [0.2, 0.25) is 0 Å². The zero-order valence-electron chi connectivity index (χ0n) is 13.4. The van der Waals surface area contributed by atoms with Gasteiger partial charge in [-0.2, -0.15) is 0 Å². The summed E-state index contributed by atoms with van der Waals surface area (Å²) in [4.78, 5) is 2.29. The highest BCUT2D eigenvalue weighted by atomic mass is 15.1. The van der Waals surface area contributed by atoms with Gasteiger partial charge in [0.25, 0.3) is 0 Å². The van der Waals surface area contributed by atoms with Gasteiger partial charge in [-0.25, -0.2) is 0 Å². The van der Waals surface area contributed by atoms with E-state index in [-0.39, 0.29) is 0 Å². The van der Waals surface area contributed by atoms with Crippen LogP contribution in [0.5, 0.6) is 0 Å². The highest BCUT2D eigenvalue weighted by molar-refractivity contribution is 4.85. The Morgan fingerprint density at radius 1 is 1.17 bits per heavy atom. The van der Waals surface area contributed by atoms with E-state index in [1.165, 1.54) is 25.7 Å². The van der Waals surface area contributed by atoms with E-state index in [4.69, 9.17) is 0 Å². The van der Waals surface area contributed by atoms with Crippen molar-refractivity contribution in [2.45, 2.75) is 59.4 Å². The molecule has 0 aliphatic heterocycles. The Kier molecular flexibility index (Phi) is 6.13. The van der Waals surface area contributed by atoms with Crippen molar-refractivity contribution < 1.29 is 0 Å². The van der Waals surface area contributed by atoms with Crippen molar-refractivity contribution in [2.24, 2.45) is 17.3 Å². The first-order valence-electron chi connectivity index (χ1n) is 7.70. The molecular weight excluding hydrogens is 220 g/mol. The highest BCUT2D eigenvalue weighted by Gasteiger charge is 2.29. The van der Waals surface area contributed by atoms with Gasteiger partial charge in [-0.1, -0.05) is 40.5 Å². The van der Waals surface area contributed by atoms with E-state index >= 15 is 0 Å². The van der Waals surface area contributed by atoms with Gasteiger partial charge in [0.15, 0.2) is 0 Å². The zero-order chi connectivity index (χ0) is 13.8. The summed E-state index contributed by atoms with van der Waals surface area (Å²) in [6.45, 7) is 11.8. The first kappa shape index (κ1) is 16.0. The molecule has 0 aromatic heterocycles. The van der Waals surface area contributed by atoms with Crippen LogP contribution in [0.2, 0.25) is 0 Å². The predicted molar refractivity (Wildman–Crippen MR) is 80.9 cm³/mol. The molecule has 0 saturated heterocycles. The summed E-state index contributed by atoms with van der Waals surface area (Å²) < 4.78 is 0. The largest absolute Gasteiger partial charge is 0.313 e. The second kappa shape index (κ2) is 6.91. The Morgan fingerprint density at radius 2 is 1.78 bits per heavy atom. The summed E-state index contributed by atoms with van der Waals surface area (Å²) in [5.74, 6) is 1.70. The molecule has 0 aromatic carbocycles. The fraction of sp³-hybridized carbons (Fsp3) is 1.00. The lowest BCUT2D eigenvalue weighted by atomic mass is 9.77. The Labute approximate surface area is 115 Å². The number of nitrogens with one attached hydrogen (secondary N) is 1. The van der Waals surface area contributed by atoms with Crippen LogP contribution in [0.25, 0.3) is 0 Å². The maximum absolute atomic E-state index is 3.87. The van der Waals surface area contributed by atoms with Gasteiger partial charge in [-0.05, 0) is 44.2 Å². The van der Waals surface area contributed by atoms with E-state index in [2.05, 4.69) is 52.0 Å². The highest BCUT2D eigenvalue weighted by Crippen LogP contribution is 2.30. The molecule has 0 aromatic rings. The summed E-state index contributed by atoms with van der Waals surface area (Å²) in [5, 5.41) is 3.87. The summed E-state index contributed by atoms with van der Waals surface area (Å²) in [7, 11) is 4.33. The summed E-state index contributed by atoms with van der Waals surface area (Å²) in [6.07, 6.45) is 5.64. The molecule has 2 atom stereocenters. The molecule has 1 aliphatic carbocycles. The number of hydrogen-bond donors (Lipinski definition) is 1. The monoisotopic (exact) mass is 254 g/mol. The van der Waals surface area contributed by atoms with Gasteiger partial charge in [0.1, 0.15) is 0 Å². The minimum Gasteiger partial charge on any atom is -0.313 e. The minimum atomic E-state index is 0.364. The molecule has 1 aliphatic rings. The smallest absolute Gasteiger partial charge is 0.00980 e. The van der Waals surface area contributed by atoms with Crippen molar-refractivity contribution in [3.63, 3.8) is 0 Å². The SMILES string of the molecule is CC(C)C1CCCCC1NCC(C)(C)CN(C)C. The molecule has 1 N–H and O–H groups in total. The van der Waals surface area contributed by atoms with E-state index in [1.54, 1.807) is 0 Å². The average Bonchev–Trinajstić information content (AvgIpc) is 2.25. The van der Waals surface area contributed by atoms with Crippen LogP contribution in [0.1, 0.15) is 53.4 Å². The maximum Gasteiger partial charge on any atom is 0.00980 e. The lowest BCUT2D eigenvalue weighted by molar-refractivity contribution is 0.170. The van der Waals surface area contributed by atoms with Crippen LogP contribution in [0.3, 0.4) is 0 Å². The van der Waals surface area contributed by atoms with Crippen LogP contribution in [-0.2, 0) is 0 Å². The third kappa shape index (κ3) is 5.27. The Hall–Kier alpha value is -0.0800. The molecule has 0 bridgehead atoms. The van der Waals surface area contributed by atoms with E-state index in [0.717, 1.165) is 31.0 Å². The van der Waals surface area contributed by atoms with Crippen molar-refractivity contribution >= 4 is 0 Å². The Balaban J connectivity index is 2.45. The van der Waals surface area contributed by atoms with Crippen LogP contribution in [0, 0.1) is 17.3 Å². The lowest BCUT2D eigenvalue weighted by Crippen LogP contribution is -2.46. The molecular formula is C16H34N2. The quantitative estimate of drug-likeness (QED) is 0.782. The van der Waals surface area contributed by atoms with Gasteiger partial charge in [-0.3, -0.25) is 0 Å². The average molecular weight is 254 g/mol. The van der Waals surface area contributed by atoms with Crippen LogP contribution >= 0.6 is 0 Å². The first-order chi connectivity index (χ1) is 8.32. The van der Waals surface area contributed by atoms with Crippen molar-refractivity contribution in [2.75, 3.05) is 27.2 Å². The maximum atomic E-state index is 3.87. The molecule has 1 rings (SSSR count). The van der Waals surface area contributed by atoms with E-state index in [0.29, 0.717) is 5.41 Å². The Morgan fingerprint density at radius 3 is 2.33 bits per heavy atom. The number of nitrogens with zero attached hydrogens (tertiary/aromatic N) is 1. The zero-order valence-corrected chi connectivity index (χ0v) is 13.4. The summed E-state index contributed by atoms with van der Waals surface area (Å²) in [6, 6.07) is 0.750. The fourth-order valence-corrected chi connectivity index (χ4v) is 3.53. The molecule has 2 heteroatoms. The normalized spacial score (nSPS) is 26.0. The topological polar surface area (TPSA) is 15.3 Å². The van der Waals surface area contributed by atoms with Gasteiger partial charge >= 0.3 is 0 Å². The van der Waals surface area contributed by atoms with Crippen LogP contribution < -0.4 is 5.32 Å². The van der Waals surface area contributed by atoms with E-state index in [9.17, 15) is 0 Å². The van der Waals surface area contributed by atoms with Crippen molar-refractivity contribution in [3.05, 3.63) is 0 Å². The second-order valence-corrected chi connectivity index (χ2v) is 7.58. The van der Waals surface area contributed by atoms with Gasteiger partial charge in [-0.15, -0.1) is 0 Å². The first-order valence-corrected chi connectivity index (χ1v) is 7.70. The van der Waals surface area contributed by atoms with Crippen LogP contribution in [-0.4, -0.2) is 38.1 Å². The molecule has 18 heavy (non-hydrogen) atoms. The van der Waals surface area contributed by atoms with Gasteiger partial charge < -0.3 is 10.2 Å². The molecule has 1 fully saturated rings. The third-order valence-corrected chi connectivity index (χ3v) is 4.26. The summed E-state index contributed by atoms with van der Waals surface area (Å²) >= 11 is 0. The van der Waals surface area contributed by atoms with Crippen molar-refractivity contribution in [1.29, 1.82) is 0 Å². The minimum absolute atomic E-state index is 0.364. The Bertz CT molecular complexity index is 233. The number of hydrogen-bond acceptors (Lipinski definition) is 2. The lowest BCUT2D eigenvalue weighted by Gasteiger charge is -2.38. The van der Waals surface area contributed by atoms with Gasteiger partial charge in [0, 0.05) is 19.1 Å². The predicted octanol–water partition coefficient (Wildman–Crippen LogP) is 3.38. The molecule has 2 unspecified atom stereocenters. The molecule has 2 nitrogen and oxygen atoms in total. The number of rotatable bonds is 6. The van der Waals surface area contributed by atoms with E-state index < -0.39 is 0 Å². The molecule has 0 radical (unpaired) electrons. The third-order valence-electron chi connectivity index (χ3n) is 4.26. The van der Waals surface area contributed by atoms with Crippen molar-refractivity contribution in [1.82, 2.24) is 10.2 Å². The second-order valence-electron chi connectivity index (χ2n) is 7.58. The fourth-order valence-electron chi connectivity index (χ4n) is 3.53. The molecule has 0 spiro atoms. The molecule has 0 heterocycles. The molecule has 108 valence electrons. The summed E-state index contributed by atoms with van der Waals surface area (Å²) in [5.41, 5.74) is 0.364. The molecule has 1 saturated carbocycles. The van der Waals surface area contributed by atoms with Crippen LogP contribution in [0.15, 0.2) is 0 Å². The van der Waals surface area contributed by atoms with E-state index in [1.807, 2.05) is 0 Å². The molecule has 0 amide bonds. The van der Waals surface area contributed by atoms with Crippen LogP contribution in [0.4, 0.5) is 0 Å². The standard InChI is InChI=1S/C16H34N2/c1-13(2)14-9-7-8-10-15(14)17-11-16(3,4)12-18(5)6/h13-15,17H,7-12H2,1-6H3.